The van der Waals surface area contributed by atoms with E-state index in [-0.39, 0.29) is 6.09 Å². The molecule has 1 aliphatic heterocycles. The van der Waals surface area contributed by atoms with E-state index in [1.165, 1.54) is 5.01 Å². The van der Waals surface area contributed by atoms with Crippen LogP contribution < -0.4 is 0 Å². The second-order valence-corrected chi connectivity index (χ2v) is 3.32. The molecule has 1 rings (SSSR count). The Morgan fingerprint density at radius 2 is 2.00 bits per heavy atom. The largest absolute Gasteiger partial charge is 0.450 e. The first-order valence-corrected chi connectivity index (χ1v) is 5.03. The van der Waals surface area contributed by atoms with Gasteiger partial charge in [-0.1, -0.05) is 0 Å². The lowest BCUT2D eigenvalue weighted by Crippen LogP contribution is -2.53. The molecule has 0 N–H and O–H groups in total. The molecule has 6 nitrogen and oxygen atoms in total. The molecule has 0 aromatic heterocycles. The quantitative estimate of drug-likeness (QED) is 0.610. The Kier molecular flexibility index (Phi) is 4.36. The van der Waals surface area contributed by atoms with Crippen LogP contribution in [0.15, 0.2) is 0 Å². The first-order chi connectivity index (χ1) is 7.19. The maximum Gasteiger partial charge on any atom is 0.409 e. The summed E-state index contributed by atoms with van der Waals surface area (Å²) in [5.74, 6) is 0. The number of hydrogen-bond donors (Lipinski definition) is 0. The molecule has 0 unspecified atom stereocenters. The lowest BCUT2D eigenvalue weighted by atomic mass is 10.4. The zero-order valence-corrected chi connectivity index (χ0v) is 9.18. The Morgan fingerprint density at radius 3 is 2.47 bits per heavy atom. The number of rotatable bonds is 3. The summed E-state index contributed by atoms with van der Waals surface area (Å²) in [4.78, 5) is 23.5. The number of amides is 2. The Hall–Kier alpha value is -1.30. The standard InChI is InChI=1S/C9H17N3O3/c1-3-15-9(14)11-4-6-12(7-5-11)10(2)8-13/h8H,3-7H2,1-2H3. The topological polar surface area (TPSA) is 53.1 Å². The van der Waals surface area contributed by atoms with Gasteiger partial charge < -0.3 is 9.64 Å². The molecule has 0 bridgehead atoms. The fourth-order valence-corrected chi connectivity index (χ4v) is 1.48. The van der Waals surface area contributed by atoms with E-state index in [1.54, 1.807) is 18.9 Å². The van der Waals surface area contributed by atoms with Crippen LogP contribution in [-0.2, 0) is 9.53 Å². The molecule has 0 aliphatic carbocycles. The van der Waals surface area contributed by atoms with Gasteiger partial charge in [-0.25, -0.2) is 9.80 Å². The van der Waals surface area contributed by atoms with E-state index in [4.69, 9.17) is 4.74 Å². The first-order valence-electron chi connectivity index (χ1n) is 5.03. The van der Waals surface area contributed by atoms with Crippen molar-refractivity contribution in [3.8, 4) is 0 Å². The van der Waals surface area contributed by atoms with E-state index >= 15 is 0 Å². The summed E-state index contributed by atoms with van der Waals surface area (Å²) in [5.41, 5.74) is 0. The van der Waals surface area contributed by atoms with Crippen molar-refractivity contribution >= 4 is 12.5 Å². The highest BCUT2D eigenvalue weighted by molar-refractivity contribution is 5.67. The van der Waals surface area contributed by atoms with Crippen molar-refractivity contribution in [3.63, 3.8) is 0 Å². The number of nitrogens with zero attached hydrogens (tertiary/aromatic N) is 3. The van der Waals surface area contributed by atoms with Gasteiger partial charge in [0.1, 0.15) is 0 Å². The molecule has 0 saturated carbocycles. The van der Waals surface area contributed by atoms with Crippen molar-refractivity contribution in [2.75, 3.05) is 39.8 Å². The maximum absolute atomic E-state index is 11.3. The zero-order valence-electron chi connectivity index (χ0n) is 9.18. The first kappa shape index (κ1) is 11.8. The van der Waals surface area contributed by atoms with Crippen LogP contribution in [-0.4, -0.2) is 67.3 Å². The molecule has 0 atom stereocenters. The fourth-order valence-electron chi connectivity index (χ4n) is 1.48. The van der Waals surface area contributed by atoms with E-state index < -0.39 is 0 Å². The van der Waals surface area contributed by atoms with E-state index in [9.17, 15) is 9.59 Å². The monoisotopic (exact) mass is 215 g/mol. The van der Waals surface area contributed by atoms with Gasteiger partial charge in [0.05, 0.1) is 6.61 Å². The SMILES string of the molecule is CCOC(=O)N1CCN(N(C)C=O)CC1. The molecule has 1 saturated heterocycles. The zero-order chi connectivity index (χ0) is 11.3. The van der Waals surface area contributed by atoms with Crippen LogP contribution >= 0.6 is 0 Å². The van der Waals surface area contributed by atoms with E-state index in [0.717, 1.165) is 6.41 Å². The number of carbonyl (C=O) groups is 2. The summed E-state index contributed by atoms with van der Waals surface area (Å²) >= 11 is 0. The second kappa shape index (κ2) is 5.55. The molecule has 15 heavy (non-hydrogen) atoms. The number of hydrazine groups is 1. The average molecular weight is 215 g/mol. The van der Waals surface area contributed by atoms with Crippen molar-refractivity contribution in [2.24, 2.45) is 0 Å². The number of piperazine rings is 1. The van der Waals surface area contributed by atoms with Gasteiger partial charge >= 0.3 is 6.09 Å². The van der Waals surface area contributed by atoms with Crippen molar-refractivity contribution in [2.45, 2.75) is 6.92 Å². The lowest BCUT2D eigenvalue weighted by Gasteiger charge is -2.37. The Morgan fingerprint density at radius 1 is 1.40 bits per heavy atom. The molecular formula is C9H17N3O3. The molecular weight excluding hydrogens is 198 g/mol. The van der Waals surface area contributed by atoms with Gasteiger partial charge in [-0.15, -0.1) is 0 Å². The van der Waals surface area contributed by atoms with Crippen molar-refractivity contribution in [1.29, 1.82) is 0 Å². The second-order valence-electron chi connectivity index (χ2n) is 3.32. The van der Waals surface area contributed by atoms with E-state index in [0.29, 0.717) is 32.8 Å². The highest BCUT2D eigenvalue weighted by atomic mass is 16.6. The Bertz CT molecular complexity index is 227. The van der Waals surface area contributed by atoms with Crippen LogP contribution in [0.1, 0.15) is 6.92 Å². The third-order valence-corrected chi connectivity index (χ3v) is 2.38. The molecule has 0 radical (unpaired) electrons. The average Bonchev–Trinajstić information content (AvgIpc) is 2.28. The smallest absolute Gasteiger partial charge is 0.409 e. The van der Waals surface area contributed by atoms with Gasteiger partial charge in [0.25, 0.3) is 0 Å². The molecule has 1 heterocycles. The predicted octanol–water partition coefficient (Wildman–Crippen LogP) is -0.236. The molecule has 86 valence electrons. The summed E-state index contributed by atoms with van der Waals surface area (Å²) in [6, 6.07) is 0. The maximum atomic E-state index is 11.3. The normalized spacial score (nSPS) is 17.3. The van der Waals surface area contributed by atoms with Crippen molar-refractivity contribution in [3.05, 3.63) is 0 Å². The molecule has 2 amide bonds. The molecule has 0 aromatic rings. The van der Waals surface area contributed by atoms with Gasteiger partial charge in [-0.3, -0.25) is 9.80 Å². The summed E-state index contributed by atoms with van der Waals surface area (Å²) in [5, 5.41) is 3.39. The third-order valence-electron chi connectivity index (χ3n) is 2.38. The molecule has 1 aliphatic rings. The highest BCUT2D eigenvalue weighted by Crippen LogP contribution is 2.04. The minimum absolute atomic E-state index is 0.272. The van der Waals surface area contributed by atoms with Gasteiger partial charge in [0.2, 0.25) is 6.41 Å². The van der Waals surface area contributed by atoms with Crippen LogP contribution in [0, 0.1) is 0 Å². The summed E-state index contributed by atoms with van der Waals surface area (Å²) in [6.07, 6.45) is 0.492. The van der Waals surface area contributed by atoms with Crippen LogP contribution in [0.2, 0.25) is 0 Å². The highest BCUT2D eigenvalue weighted by Gasteiger charge is 2.23. The van der Waals surface area contributed by atoms with Crippen molar-refractivity contribution < 1.29 is 14.3 Å². The Labute approximate surface area is 89.3 Å². The number of carbonyl (C=O) groups excluding carboxylic acids is 2. The number of hydrogen-bond acceptors (Lipinski definition) is 4. The van der Waals surface area contributed by atoms with Gasteiger partial charge in [0, 0.05) is 33.2 Å². The summed E-state index contributed by atoms with van der Waals surface area (Å²) in [6.45, 7) is 4.69. The minimum atomic E-state index is -0.272. The molecule has 6 heteroatoms. The van der Waals surface area contributed by atoms with Crippen molar-refractivity contribution in [1.82, 2.24) is 14.9 Å². The van der Waals surface area contributed by atoms with Gasteiger partial charge in [0.15, 0.2) is 0 Å². The van der Waals surface area contributed by atoms with Gasteiger partial charge in [-0.2, -0.15) is 0 Å². The third kappa shape index (κ3) is 3.09. The number of ether oxygens (including phenoxy) is 1. The summed E-state index contributed by atoms with van der Waals surface area (Å²) < 4.78 is 4.89. The van der Waals surface area contributed by atoms with Crippen LogP contribution in [0.25, 0.3) is 0 Å². The van der Waals surface area contributed by atoms with Crippen LogP contribution in [0.3, 0.4) is 0 Å². The van der Waals surface area contributed by atoms with Gasteiger partial charge in [-0.05, 0) is 6.92 Å². The fraction of sp³-hybridized carbons (Fsp3) is 0.778. The minimum Gasteiger partial charge on any atom is -0.450 e. The predicted molar refractivity (Wildman–Crippen MR) is 54.0 cm³/mol. The Balaban J connectivity index is 2.35. The summed E-state index contributed by atoms with van der Waals surface area (Å²) in [7, 11) is 1.70. The molecule has 0 spiro atoms. The molecule has 1 fully saturated rings. The van der Waals surface area contributed by atoms with Crippen LogP contribution in [0.5, 0.6) is 0 Å². The van der Waals surface area contributed by atoms with Crippen LogP contribution in [0.4, 0.5) is 4.79 Å². The molecule has 0 aromatic carbocycles. The lowest BCUT2D eigenvalue weighted by molar-refractivity contribution is -0.133. The van der Waals surface area contributed by atoms with E-state index in [2.05, 4.69) is 0 Å². The van der Waals surface area contributed by atoms with E-state index in [1.807, 2.05) is 5.01 Å².